The largest absolute Gasteiger partial charge is 0.374 e. The fourth-order valence-corrected chi connectivity index (χ4v) is 1.65. The molecule has 2 nitrogen and oxygen atoms in total. The minimum Gasteiger partial charge on any atom is -0.374 e. The number of hydrogen-bond donors (Lipinski definition) is 1. The lowest BCUT2D eigenvalue weighted by molar-refractivity contribution is 0.353. The molecule has 0 aliphatic carbocycles. The van der Waals surface area contributed by atoms with Crippen molar-refractivity contribution in [1.82, 2.24) is 5.32 Å². The predicted octanol–water partition coefficient (Wildman–Crippen LogP) is 1.34. The third-order valence-corrected chi connectivity index (χ3v) is 2.60. The molecule has 13 heavy (non-hydrogen) atoms. The van der Waals surface area contributed by atoms with Crippen molar-refractivity contribution >= 4 is 5.69 Å². The summed E-state index contributed by atoms with van der Waals surface area (Å²) in [5, 5.41) is 3.29. The summed E-state index contributed by atoms with van der Waals surface area (Å²) in [6.45, 7) is 3.52. The van der Waals surface area contributed by atoms with Crippen LogP contribution in [0.15, 0.2) is 30.3 Å². The van der Waals surface area contributed by atoms with E-state index in [1.165, 1.54) is 18.8 Å². The second kappa shape index (κ2) is 3.79. The summed E-state index contributed by atoms with van der Waals surface area (Å²) in [5.74, 6) is 0.838. The van der Waals surface area contributed by atoms with Gasteiger partial charge in [0.05, 0.1) is 0 Å². The Morgan fingerprint density at radius 2 is 2.00 bits per heavy atom. The summed E-state index contributed by atoms with van der Waals surface area (Å²) < 4.78 is 0. The smallest absolute Gasteiger partial charge is 0.0363 e. The fraction of sp³-hybridized carbons (Fsp3) is 0.455. The third-order valence-electron chi connectivity index (χ3n) is 2.60. The lowest BCUT2D eigenvalue weighted by Gasteiger charge is -2.32. The molecule has 1 aromatic rings. The Morgan fingerprint density at radius 3 is 2.54 bits per heavy atom. The minimum atomic E-state index is 0.838. The minimum absolute atomic E-state index is 0.838. The van der Waals surface area contributed by atoms with Crippen LogP contribution in [0.2, 0.25) is 0 Å². The average molecular weight is 176 g/mol. The summed E-state index contributed by atoms with van der Waals surface area (Å²) >= 11 is 0. The van der Waals surface area contributed by atoms with Crippen molar-refractivity contribution in [1.29, 1.82) is 0 Å². The van der Waals surface area contributed by atoms with Crippen molar-refractivity contribution in [2.75, 3.05) is 31.6 Å². The van der Waals surface area contributed by atoms with Crippen LogP contribution in [0.3, 0.4) is 0 Å². The van der Waals surface area contributed by atoms with Gasteiger partial charge in [-0.25, -0.2) is 0 Å². The monoisotopic (exact) mass is 176 g/mol. The molecule has 2 rings (SSSR count). The van der Waals surface area contributed by atoms with Crippen molar-refractivity contribution in [2.45, 2.75) is 0 Å². The van der Waals surface area contributed by atoms with Crippen LogP contribution in [0.4, 0.5) is 5.69 Å². The van der Waals surface area contributed by atoms with Crippen molar-refractivity contribution < 1.29 is 0 Å². The number of anilines is 1. The zero-order valence-corrected chi connectivity index (χ0v) is 8.03. The molecule has 0 amide bonds. The molecule has 0 saturated carbocycles. The van der Waals surface area contributed by atoms with Gasteiger partial charge in [-0.05, 0) is 12.1 Å². The standard InChI is InChI=1S/C11H16N2/c1-13(9-10-7-12-8-10)11-5-3-2-4-6-11/h2-6,10,12H,7-9H2,1H3. The molecule has 1 N–H and O–H groups in total. The Balaban J connectivity index is 1.92. The molecule has 0 bridgehead atoms. The Kier molecular flexibility index (Phi) is 2.50. The lowest BCUT2D eigenvalue weighted by atomic mass is 10.0. The number of hydrogen-bond acceptors (Lipinski definition) is 2. The predicted molar refractivity (Wildman–Crippen MR) is 56.1 cm³/mol. The molecule has 2 heteroatoms. The third kappa shape index (κ3) is 2.01. The van der Waals surface area contributed by atoms with Crippen LogP contribution in [-0.4, -0.2) is 26.7 Å². The molecular formula is C11H16N2. The Morgan fingerprint density at radius 1 is 1.31 bits per heavy atom. The van der Waals surface area contributed by atoms with Crippen LogP contribution in [0.5, 0.6) is 0 Å². The van der Waals surface area contributed by atoms with E-state index >= 15 is 0 Å². The average Bonchev–Trinajstić information content (AvgIpc) is 2.12. The Hall–Kier alpha value is -1.02. The zero-order valence-electron chi connectivity index (χ0n) is 8.03. The van der Waals surface area contributed by atoms with Crippen molar-refractivity contribution in [3.05, 3.63) is 30.3 Å². The molecule has 1 aliphatic rings. The molecule has 0 radical (unpaired) electrons. The normalized spacial score (nSPS) is 16.7. The van der Waals surface area contributed by atoms with Crippen LogP contribution < -0.4 is 10.2 Å². The summed E-state index contributed by atoms with van der Waals surface area (Å²) in [5.41, 5.74) is 1.31. The molecule has 0 aromatic heterocycles. The van der Waals surface area contributed by atoms with Crippen molar-refractivity contribution in [2.24, 2.45) is 5.92 Å². The van der Waals surface area contributed by atoms with Crippen LogP contribution in [0.1, 0.15) is 0 Å². The molecule has 1 aliphatic heterocycles. The first-order valence-corrected chi connectivity index (χ1v) is 4.83. The van der Waals surface area contributed by atoms with Gasteiger partial charge in [0.1, 0.15) is 0 Å². The van der Waals surface area contributed by atoms with Gasteiger partial charge in [-0.2, -0.15) is 0 Å². The zero-order chi connectivity index (χ0) is 9.10. The summed E-state index contributed by atoms with van der Waals surface area (Å²) in [7, 11) is 2.16. The highest BCUT2D eigenvalue weighted by Gasteiger charge is 2.18. The molecule has 0 atom stereocenters. The van der Waals surface area contributed by atoms with Gasteiger partial charge in [0, 0.05) is 38.3 Å². The second-order valence-corrected chi connectivity index (χ2v) is 3.74. The van der Waals surface area contributed by atoms with E-state index in [1.807, 2.05) is 0 Å². The van der Waals surface area contributed by atoms with E-state index in [1.54, 1.807) is 0 Å². The van der Waals surface area contributed by atoms with Gasteiger partial charge in [0.25, 0.3) is 0 Å². The maximum absolute atomic E-state index is 3.29. The first kappa shape index (κ1) is 8.57. The van der Waals surface area contributed by atoms with Gasteiger partial charge in [-0.3, -0.25) is 0 Å². The first-order valence-electron chi connectivity index (χ1n) is 4.83. The number of nitrogens with zero attached hydrogens (tertiary/aromatic N) is 1. The van der Waals surface area contributed by atoms with Crippen molar-refractivity contribution in [3.8, 4) is 0 Å². The number of nitrogens with one attached hydrogen (secondary N) is 1. The first-order chi connectivity index (χ1) is 6.36. The maximum Gasteiger partial charge on any atom is 0.0363 e. The Bertz CT molecular complexity index is 254. The quantitative estimate of drug-likeness (QED) is 0.747. The van der Waals surface area contributed by atoms with Crippen LogP contribution >= 0.6 is 0 Å². The molecule has 0 spiro atoms. The SMILES string of the molecule is CN(CC1CNC1)c1ccccc1. The highest BCUT2D eigenvalue weighted by atomic mass is 15.1. The van der Waals surface area contributed by atoms with Gasteiger partial charge in [-0.1, -0.05) is 18.2 Å². The molecule has 70 valence electrons. The van der Waals surface area contributed by atoms with Gasteiger partial charge in [-0.15, -0.1) is 0 Å². The topological polar surface area (TPSA) is 15.3 Å². The van der Waals surface area contributed by atoms with Crippen LogP contribution in [0.25, 0.3) is 0 Å². The summed E-state index contributed by atoms with van der Waals surface area (Å²) in [4.78, 5) is 2.32. The molecule has 1 aromatic carbocycles. The summed E-state index contributed by atoms with van der Waals surface area (Å²) in [6, 6.07) is 10.6. The summed E-state index contributed by atoms with van der Waals surface area (Å²) in [6.07, 6.45) is 0. The van der Waals surface area contributed by atoms with E-state index in [0.29, 0.717) is 0 Å². The van der Waals surface area contributed by atoms with Crippen LogP contribution in [-0.2, 0) is 0 Å². The molecule has 1 saturated heterocycles. The van der Waals surface area contributed by atoms with Gasteiger partial charge >= 0.3 is 0 Å². The lowest BCUT2D eigenvalue weighted by Crippen LogP contribution is -2.47. The number of rotatable bonds is 3. The van der Waals surface area contributed by atoms with E-state index in [4.69, 9.17) is 0 Å². The van der Waals surface area contributed by atoms with Gasteiger partial charge in [0.15, 0.2) is 0 Å². The fourth-order valence-electron chi connectivity index (χ4n) is 1.65. The van der Waals surface area contributed by atoms with Gasteiger partial charge in [0.2, 0.25) is 0 Å². The maximum atomic E-state index is 3.29. The second-order valence-electron chi connectivity index (χ2n) is 3.74. The van der Waals surface area contributed by atoms with Gasteiger partial charge < -0.3 is 10.2 Å². The molecular weight excluding hydrogens is 160 g/mol. The molecule has 1 fully saturated rings. The Labute approximate surface area is 79.6 Å². The highest BCUT2D eigenvalue weighted by Crippen LogP contribution is 2.14. The van der Waals surface area contributed by atoms with E-state index in [2.05, 4.69) is 47.6 Å². The van der Waals surface area contributed by atoms with E-state index in [0.717, 1.165) is 12.5 Å². The molecule has 0 unspecified atom stereocenters. The van der Waals surface area contributed by atoms with E-state index in [9.17, 15) is 0 Å². The van der Waals surface area contributed by atoms with Crippen LogP contribution in [0, 0.1) is 5.92 Å². The molecule has 1 heterocycles. The number of benzene rings is 1. The van der Waals surface area contributed by atoms with E-state index < -0.39 is 0 Å². The number of para-hydroxylation sites is 1. The van der Waals surface area contributed by atoms with Crippen molar-refractivity contribution in [3.63, 3.8) is 0 Å². The van der Waals surface area contributed by atoms with E-state index in [-0.39, 0.29) is 0 Å². The highest BCUT2D eigenvalue weighted by molar-refractivity contribution is 5.45.